The molecule has 0 saturated heterocycles. The van der Waals surface area contributed by atoms with E-state index in [-0.39, 0.29) is 16.5 Å². The second kappa shape index (κ2) is 4.34. The predicted octanol–water partition coefficient (Wildman–Crippen LogP) is 0.412. The summed E-state index contributed by atoms with van der Waals surface area (Å²) in [5.74, 6) is -0.0612. The fourth-order valence-electron chi connectivity index (χ4n) is 0.675. The minimum Gasteiger partial charge on any atom is -0.628 e. The maximum Gasteiger partial charge on any atom is 0.358 e. The highest BCUT2D eigenvalue weighted by atomic mass is 16.1. The predicted molar refractivity (Wildman–Crippen MR) is 55.4 cm³/mol. The molecular weight excluding hydrogens is 160 g/mol. The van der Waals surface area contributed by atoms with Gasteiger partial charge in [0.1, 0.15) is 7.74 Å². The molecule has 13 heavy (non-hydrogen) atoms. The van der Waals surface area contributed by atoms with Crippen LogP contribution >= 0.6 is 0 Å². The van der Waals surface area contributed by atoms with Crippen LogP contribution in [0.25, 0.3) is 0 Å². The van der Waals surface area contributed by atoms with Crippen molar-refractivity contribution < 1.29 is 9.19 Å². The number of carbonyl (C=O) groups is 1. The average molecular weight is 173 g/mol. The molecule has 0 spiro atoms. The summed E-state index contributed by atoms with van der Waals surface area (Å²) in [4.78, 5) is 11.2. The molecule has 0 fully saturated rings. The second-order valence-electron chi connectivity index (χ2n) is 3.63. The Balaban J connectivity index is 4.34. The Bertz CT molecular complexity index is 265. The number of quaternary nitrogens is 1. The van der Waals surface area contributed by atoms with Crippen molar-refractivity contribution >= 4 is 20.3 Å². The van der Waals surface area contributed by atoms with Crippen molar-refractivity contribution in [1.29, 1.82) is 0 Å². The van der Waals surface area contributed by atoms with Crippen LogP contribution < -0.4 is 0 Å². The number of rotatable bonds is 4. The number of nitrogens with zero attached hydrogens (tertiary/aromatic N) is 1. The molecule has 0 saturated carbocycles. The van der Waals surface area contributed by atoms with E-state index in [2.05, 4.69) is 12.6 Å². The van der Waals surface area contributed by atoms with Gasteiger partial charge in [0.05, 0.1) is 14.1 Å². The van der Waals surface area contributed by atoms with E-state index in [4.69, 9.17) is 14.2 Å². The third-order valence-corrected chi connectivity index (χ3v) is 1.99. The number of Topliss-reactive ketones (excluding diaryl/α,β-unsaturated/α-hetero) is 1. The zero-order valence-corrected chi connectivity index (χ0v) is 8.42. The Hall–Kier alpha value is -0.940. The minimum atomic E-state index is -0.429. The van der Waals surface area contributed by atoms with Gasteiger partial charge in [0.15, 0.2) is 5.78 Å². The Morgan fingerprint density at radius 3 is 2.46 bits per heavy atom. The van der Waals surface area contributed by atoms with Gasteiger partial charge in [0, 0.05) is 6.32 Å². The van der Waals surface area contributed by atoms with Gasteiger partial charge in [-0.25, -0.2) is 0 Å². The van der Waals surface area contributed by atoms with Crippen LogP contribution in [-0.2, 0) is 4.79 Å². The SMILES string of the molecule is [B]B(CC(=O)C(=C)C)[N+](C)(C)C#[C-]. The Kier molecular flexibility index (Phi) is 4.03. The molecule has 0 rings (SSSR count). The van der Waals surface area contributed by atoms with Gasteiger partial charge in [0.2, 0.25) is 0 Å². The summed E-state index contributed by atoms with van der Waals surface area (Å²) in [6, 6.07) is 2.27. The lowest BCUT2D eigenvalue weighted by atomic mass is 9.37. The van der Waals surface area contributed by atoms with Crippen LogP contribution in [0, 0.1) is 12.5 Å². The lowest BCUT2D eigenvalue weighted by molar-refractivity contribution is -0.706. The first-order chi connectivity index (χ1) is 5.81. The monoisotopic (exact) mass is 173 g/mol. The van der Waals surface area contributed by atoms with E-state index in [1.54, 1.807) is 21.0 Å². The van der Waals surface area contributed by atoms with E-state index in [9.17, 15) is 4.79 Å². The van der Waals surface area contributed by atoms with E-state index in [1.165, 1.54) is 0 Å². The summed E-state index contributed by atoms with van der Waals surface area (Å²) < 4.78 is 0.0824. The normalized spacial score (nSPS) is 10.3. The number of ketones is 1. The van der Waals surface area contributed by atoms with Gasteiger partial charge in [-0.05, 0) is 12.5 Å². The molecule has 0 aliphatic carbocycles. The molecule has 2 nitrogen and oxygen atoms in total. The zero-order chi connectivity index (χ0) is 10.6. The molecule has 0 atom stereocenters. The van der Waals surface area contributed by atoms with E-state index in [0.29, 0.717) is 5.57 Å². The first kappa shape index (κ1) is 12.1. The second-order valence-corrected chi connectivity index (χ2v) is 3.63. The lowest BCUT2D eigenvalue weighted by Crippen LogP contribution is -2.50. The molecule has 2 radical (unpaired) electrons. The van der Waals surface area contributed by atoms with E-state index in [0.717, 1.165) is 0 Å². The molecule has 0 heterocycles. The Morgan fingerprint density at radius 2 is 2.15 bits per heavy atom. The summed E-state index contributed by atoms with van der Waals surface area (Å²) in [7, 11) is 9.18. The van der Waals surface area contributed by atoms with Crippen molar-refractivity contribution in [1.82, 2.24) is 0 Å². The quantitative estimate of drug-likeness (QED) is 0.260. The minimum absolute atomic E-state index is 0.0612. The van der Waals surface area contributed by atoms with Crippen LogP contribution in [0.15, 0.2) is 12.2 Å². The van der Waals surface area contributed by atoms with Crippen molar-refractivity contribution in [3.05, 3.63) is 18.6 Å². The van der Waals surface area contributed by atoms with Crippen LogP contribution in [0.5, 0.6) is 0 Å². The van der Waals surface area contributed by atoms with Gasteiger partial charge >= 0.3 is 6.74 Å². The topological polar surface area (TPSA) is 17.1 Å². The van der Waals surface area contributed by atoms with Crippen LogP contribution in [0.3, 0.4) is 0 Å². The average Bonchev–Trinajstić information content (AvgIpc) is 2.04. The molecule has 0 aliphatic heterocycles. The molecule has 0 bridgehead atoms. The lowest BCUT2D eigenvalue weighted by Gasteiger charge is -2.31. The van der Waals surface area contributed by atoms with Crippen LogP contribution in [0.1, 0.15) is 6.92 Å². The molecule has 66 valence electrons. The summed E-state index contributed by atoms with van der Waals surface area (Å²) >= 11 is 0. The highest BCUT2D eigenvalue weighted by molar-refractivity contribution is 7.00. The maximum absolute atomic E-state index is 11.2. The highest BCUT2D eigenvalue weighted by Crippen LogP contribution is 2.06. The number of allylic oxidation sites excluding steroid dienone is 1. The summed E-state index contributed by atoms with van der Waals surface area (Å²) in [6.45, 7) is 4.76. The maximum atomic E-state index is 11.2. The van der Waals surface area contributed by atoms with E-state index >= 15 is 0 Å². The number of hydrogen-bond donors (Lipinski definition) is 0. The summed E-state index contributed by atoms with van der Waals surface area (Å²) in [5, 5.41) is 0. The van der Waals surface area contributed by atoms with Crippen molar-refractivity contribution in [2.45, 2.75) is 13.2 Å². The summed E-state index contributed by atoms with van der Waals surface area (Å²) in [6.07, 6.45) is 7.20. The van der Waals surface area contributed by atoms with Gasteiger partial charge in [-0.2, -0.15) is 0 Å². The first-order valence-corrected chi connectivity index (χ1v) is 4.03. The third kappa shape index (κ3) is 3.52. The van der Waals surface area contributed by atoms with Crippen LogP contribution in [0.2, 0.25) is 6.32 Å². The molecule has 0 aromatic rings. The van der Waals surface area contributed by atoms with Gasteiger partial charge in [0.25, 0.3) is 0 Å². The fourth-order valence-corrected chi connectivity index (χ4v) is 0.675. The molecule has 0 aromatic heterocycles. The van der Waals surface area contributed by atoms with Gasteiger partial charge in [-0.1, -0.05) is 6.58 Å². The Labute approximate surface area is 82.1 Å². The smallest absolute Gasteiger partial charge is 0.358 e. The molecule has 0 amide bonds. The largest absolute Gasteiger partial charge is 0.628 e. The molecular formula is C9H13B2NO. The molecule has 0 aliphatic rings. The van der Waals surface area contributed by atoms with Crippen LogP contribution in [-0.4, -0.2) is 38.7 Å². The zero-order valence-electron chi connectivity index (χ0n) is 8.42. The van der Waals surface area contributed by atoms with E-state index < -0.39 is 6.74 Å². The molecule has 0 N–H and O–H groups in total. The van der Waals surface area contributed by atoms with Gasteiger partial charge < -0.3 is 10.8 Å². The summed E-state index contributed by atoms with van der Waals surface area (Å²) in [5.41, 5.74) is 0.500. The third-order valence-electron chi connectivity index (χ3n) is 1.99. The van der Waals surface area contributed by atoms with Crippen molar-refractivity contribution in [2.24, 2.45) is 0 Å². The molecule has 4 heteroatoms. The van der Waals surface area contributed by atoms with Gasteiger partial charge in [-0.3, -0.25) is 4.79 Å². The van der Waals surface area contributed by atoms with Crippen LogP contribution in [0.4, 0.5) is 0 Å². The fraction of sp³-hybridized carbons (Fsp3) is 0.444. The molecule has 0 unspecified atom stereocenters. The standard InChI is InChI=1S/C9H13B2NO/c1-6-12(4,5)11(10)7-9(13)8(2)3/h2,7H2,3-5H3. The van der Waals surface area contributed by atoms with Gasteiger partial charge in [-0.15, -0.1) is 6.04 Å². The van der Waals surface area contributed by atoms with Crippen molar-refractivity contribution in [2.75, 3.05) is 14.1 Å². The Morgan fingerprint density at radius 1 is 1.69 bits per heavy atom. The molecule has 0 aromatic carbocycles. The number of carbonyl (C=O) groups excluding carboxylic acids is 1. The van der Waals surface area contributed by atoms with E-state index in [1.807, 2.05) is 0 Å². The highest BCUT2D eigenvalue weighted by Gasteiger charge is 2.28. The van der Waals surface area contributed by atoms with Crippen molar-refractivity contribution in [3.8, 4) is 6.04 Å². The number of hydrogen-bond acceptors (Lipinski definition) is 1. The first-order valence-electron chi connectivity index (χ1n) is 4.03. The van der Waals surface area contributed by atoms with Crippen molar-refractivity contribution in [3.63, 3.8) is 0 Å².